The zero-order valence-corrected chi connectivity index (χ0v) is 9.09. The number of rotatable bonds is 4. The Bertz CT molecular complexity index is 464. The van der Waals surface area contributed by atoms with Gasteiger partial charge < -0.3 is 15.6 Å². The number of nitrogens with two attached hydrogens (primary N) is 1. The molecule has 6 heteroatoms. The van der Waals surface area contributed by atoms with Crippen LogP contribution >= 0.6 is 0 Å². The third-order valence-corrected chi connectivity index (χ3v) is 2.25. The predicted molar refractivity (Wildman–Crippen MR) is 61.8 cm³/mol. The summed E-state index contributed by atoms with van der Waals surface area (Å²) in [5.74, 6) is 2.05. The molecule has 0 aromatic carbocycles. The van der Waals surface area contributed by atoms with Crippen molar-refractivity contribution in [1.29, 1.82) is 0 Å². The Kier molecular flexibility index (Phi) is 3.00. The minimum Gasteiger partial charge on any atom is -0.369 e. The molecule has 2 aromatic rings. The van der Waals surface area contributed by atoms with Crippen LogP contribution in [0.2, 0.25) is 0 Å². The molecule has 0 amide bonds. The van der Waals surface area contributed by atoms with Crippen molar-refractivity contribution in [3.8, 4) is 0 Å². The van der Waals surface area contributed by atoms with Crippen molar-refractivity contribution in [3.05, 3.63) is 30.5 Å². The van der Waals surface area contributed by atoms with Gasteiger partial charge in [-0.15, -0.1) is 0 Å². The Morgan fingerprint density at radius 2 is 2.25 bits per heavy atom. The Morgan fingerprint density at radius 1 is 1.38 bits per heavy atom. The summed E-state index contributed by atoms with van der Waals surface area (Å²) in [5.41, 5.74) is 5.47. The zero-order chi connectivity index (χ0) is 11.4. The van der Waals surface area contributed by atoms with Crippen molar-refractivity contribution >= 4 is 11.8 Å². The van der Waals surface area contributed by atoms with Crippen LogP contribution in [0.5, 0.6) is 0 Å². The first-order valence-corrected chi connectivity index (χ1v) is 5.04. The highest BCUT2D eigenvalue weighted by Crippen LogP contribution is 2.03. The molecule has 16 heavy (non-hydrogen) atoms. The second-order valence-corrected chi connectivity index (χ2v) is 3.43. The molecular formula is C10H14N6. The summed E-state index contributed by atoms with van der Waals surface area (Å²) < 4.78 is 2.00. The quantitative estimate of drug-likeness (QED) is 0.778. The Labute approximate surface area is 93.6 Å². The Hall–Kier alpha value is -2.11. The van der Waals surface area contributed by atoms with E-state index in [0.717, 1.165) is 24.6 Å². The van der Waals surface area contributed by atoms with Crippen LogP contribution in [0.1, 0.15) is 5.82 Å². The molecule has 0 radical (unpaired) electrons. The number of hydrogen-bond acceptors (Lipinski definition) is 5. The fraction of sp³-hybridized carbons (Fsp3) is 0.300. The van der Waals surface area contributed by atoms with Gasteiger partial charge in [0.15, 0.2) is 0 Å². The first kappa shape index (κ1) is 10.4. The van der Waals surface area contributed by atoms with Crippen LogP contribution in [0.4, 0.5) is 11.8 Å². The number of nitrogens with zero attached hydrogens (tertiary/aromatic N) is 4. The van der Waals surface area contributed by atoms with Crippen LogP contribution in [0.25, 0.3) is 0 Å². The lowest BCUT2D eigenvalue weighted by molar-refractivity contribution is 0.788. The first-order chi connectivity index (χ1) is 7.75. The summed E-state index contributed by atoms with van der Waals surface area (Å²) in [6, 6.07) is 1.79. The van der Waals surface area contributed by atoms with Crippen LogP contribution in [0, 0.1) is 0 Å². The first-order valence-electron chi connectivity index (χ1n) is 5.04. The summed E-state index contributed by atoms with van der Waals surface area (Å²) in [6.07, 6.45) is 6.19. The van der Waals surface area contributed by atoms with Crippen LogP contribution in [-0.2, 0) is 13.5 Å². The van der Waals surface area contributed by atoms with Gasteiger partial charge in [0, 0.05) is 38.6 Å². The average Bonchev–Trinajstić information content (AvgIpc) is 2.65. The summed E-state index contributed by atoms with van der Waals surface area (Å²) >= 11 is 0. The number of aryl methyl sites for hydroxylation is 1. The maximum Gasteiger partial charge on any atom is 0.221 e. The highest BCUT2D eigenvalue weighted by Gasteiger charge is 1.99. The van der Waals surface area contributed by atoms with E-state index in [2.05, 4.69) is 20.3 Å². The van der Waals surface area contributed by atoms with Gasteiger partial charge in [0.2, 0.25) is 5.95 Å². The fourth-order valence-electron chi connectivity index (χ4n) is 1.41. The van der Waals surface area contributed by atoms with Crippen molar-refractivity contribution in [1.82, 2.24) is 19.5 Å². The molecule has 0 aliphatic heterocycles. The molecule has 84 valence electrons. The molecule has 0 fully saturated rings. The molecule has 2 rings (SSSR count). The zero-order valence-electron chi connectivity index (χ0n) is 9.09. The molecule has 3 N–H and O–H groups in total. The van der Waals surface area contributed by atoms with Crippen molar-refractivity contribution in [2.45, 2.75) is 6.42 Å². The van der Waals surface area contributed by atoms with E-state index in [9.17, 15) is 0 Å². The summed E-state index contributed by atoms with van der Waals surface area (Å²) in [7, 11) is 1.98. The number of imidazole rings is 1. The number of hydrogen-bond donors (Lipinski definition) is 2. The van der Waals surface area contributed by atoms with Gasteiger partial charge in [-0.1, -0.05) is 0 Å². The average molecular weight is 218 g/mol. The molecule has 2 aromatic heterocycles. The molecule has 0 aliphatic rings. The second kappa shape index (κ2) is 4.61. The number of anilines is 2. The lowest BCUT2D eigenvalue weighted by Crippen LogP contribution is -2.10. The van der Waals surface area contributed by atoms with Crippen molar-refractivity contribution < 1.29 is 0 Å². The molecule has 0 spiro atoms. The van der Waals surface area contributed by atoms with Gasteiger partial charge in [-0.3, -0.25) is 0 Å². The van der Waals surface area contributed by atoms with E-state index in [1.54, 1.807) is 18.5 Å². The molecule has 0 bridgehead atoms. The van der Waals surface area contributed by atoms with Crippen LogP contribution in [-0.4, -0.2) is 26.1 Å². The van der Waals surface area contributed by atoms with E-state index in [-0.39, 0.29) is 5.95 Å². The van der Waals surface area contributed by atoms with E-state index >= 15 is 0 Å². The van der Waals surface area contributed by atoms with E-state index in [1.807, 2.05) is 17.8 Å². The van der Waals surface area contributed by atoms with Crippen LogP contribution in [0.15, 0.2) is 24.7 Å². The maximum absolute atomic E-state index is 5.47. The highest BCUT2D eigenvalue weighted by atomic mass is 15.1. The normalized spacial score (nSPS) is 10.3. The van der Waals surface area contributed by atoms with Crippen molar-refractivity contribution in [2.24, 2.45) is 7.05 Å². The number of aromatic nitrogens is 4. The maximum atomic E-state index is 5.47. The SMILES string of the molecule is Cn1ccnc1CCNc1ccnc(N)n1. The summed E-state index contributed by atoms with van der Waals surface area (Å²) in [4.78, 5) is 12.1. The molecule has 0 atom stereocenters. The van der Waals surface area contributed by atoms with Gasteiger partial charge in [0.05, 0.1) is 0 Å². The highest BCUT2D eigenvalue weighted by molar-refractivity contribution is 5.37. The third kappa shape index (κ3) is 2.47. The minimum atomic E-state index is 0.280. The molecule has 0 saturated carbocycles. The van der Waals surface area contributed by atoms with E-state index in [4.69, 9.17) is 5.73 Å². The smallest absolute Gasteiger partial charge is 0.221 e. The van der Waals surface area contributed by atoms with Crippen LogP contribution in [0.3, 0.4) is 0 Å². The summed E-state index contributed by atoms with van der Waals surface area (Å²) in [5, 5.41) is 3.17. The number of nitrogen functional groups attached to an aromatic ring is 1. The molecule has 0 saturated heterocycles. The van der Waals surface area contributed by atoms with E-state index < -0.39 is 0 Å². The van der Waals surface area contributed by atoms with Crippen LogP contribution < -0.4 is 11.1 Å². The minimum absolute atomic E-state index is 0.280. The van der Waals surface area contributed by atoms with Gasteiger partial charge >= 0.3 is 0 Å². The topological polar surface area (TPSA) is 81.7 Å². The molecule has 2 heterocycles. The van der Waals surface area contributed by atoms with E-state index in [0.29, 0.717) is 0 Å². The van der Waals surface area contributed by atoms with Gasteiger partial charge in [-0.05, 0) is 6.07 Å². The van der Waals surface area contributed by atoms with Gasteiger partial charge in [-0.2, -0.15) is 4.98 Å². The molecular weight excluding hydrogens is 204 g/mol. The number of nitrogens with one attached hydrogen (secondary N) is 1. The Morgan fingerprint density at radius 3 is 2.94 bits per heavy atom. The van der Waals surface area contributed by atoms with E-state index in [1.165, 1.54) is 0 Å². The second-order valence-electron chi connectivity index (χ2n) is 3.43. The summed E-state index contributed by atoms with van der Waals surface area (Å²) in [6.45, 7) is 0.765. The largest absolute Gasteiger partial charge is 0.369 e. The van der Waals surface area contributed by atoms with Gasteiger partial charge in [0.1, 0.15) is 11.6 Å². The lowest BCUT2D eigenvalue weighted by atomic mass is 10.4. The van der Waals surface area contributed by atoms with Gasteiger partial charge in [-0.25, -0.2) is 9.97 Å². The predicted octanol–water partition coefficient (Wildman–Crippen LogP) is 0.447. The molecule has 0 aliphatic carbocycles. The lowest BCUT2D eigenvalue weighted by Gasteiger charge is -2.05. The standard InChI is InChI=1S/C10H14N6/c1-16-7-6-13-9(16)3-5-12-8-2-4-14-10(11)15-8/h2,4,6-7H,3,5H2,1H3,(H3,11,12,14,15). The fourth-order valence-corrected chi connectivity index (χ4v) is 1.41. The molecule has 0 unspecified atom stereocenters. The third-order valence-electron chi connectivity index (χ3n) is 2.25. The monoisotopic (exact) mass is 218 g/mol. The van der Waals surface area contributed by atoms with Crippen molar-refractivity contribution in [2.75, 3.05) is 17.6 Å². The Balaban J connectivity index is 1.87. The van der Waals surface area contributed by atoms with Gasteiger partial charge in [0.25, 0.3) is 0 Å². The molecule has 6 nitrogen and oxygen atoms in total. The van der Waals surface area contributed by atoms with Crippen molar-refractivity contribution in [3.63, 3.8) is 0 Å².